The molecular weight excluding hydrogens is 324 g/mol. The first kappa shape index (κ1) is 17.0. The standard InChI is InChI=1S/C17H22N4O2S/c1-12-16(19-6-5-18-12)4-3-15-10-23-8-7-21(15)17(22)9-14-11-24-13(2)20-14/h5-6,11,15H,3-4,7-10H2,1-2H3. The van der Waals surface area contributed by atoms with Gasteiger partial charge < -0.3 is 9.64 Å². The lowest BCUT2D eigenvalue weighted by Crippen LogP contribution is -2.49. The minimum atomic E-state index is 0.0902. The summed E-state index contributed by atoms with van der Waals surface area (Å²) in [6, 6.07) is 0.0902. The molecule has 0 radical (unpaired) electrons. The van der Waals surface area contributed by atoms with E-state index in [4.69, 9.17) is 4.74 Å². The summed E-state index contributed by atoms with van der Waals surface area (Å²) in [6.07, 6.45) is 5.42. The van der Waals surface area contributed by atoms with Crippen LogP contribution in [0.25, 0.3) is 0 Å². The molecule has 2 aromatic rings. The highest BCUT2D eigenvalue weighted by Gasteiger charge is 2.27. The molecule has 0 spiro atoms. The van der Waals surface area contributed by atoms with Crippen LogP contribution in [0.2, 0.25) is 0 Å². The Morgan fingerprint density at radius 2 is 2.21 bits per heavy atom. The van der Waals surface area contributed by atoms with E-state index in [1.807, 2.05) is 24.1 Å². The maximum atomic E-state index is 12.7. The van der Waals surface area contributed by atoms with Crippen molar-refractivity contribution in [3.63, 3.8) is 0 Å². The molecule has 0 aliphatic carbocycles. The van der Waals surface area contributed by atoms with E-state index in [0.717, 1.165) is 34.9 Å². The van der Waals surface area contributed by atoms with Crippen LogP contribution < -0.4 is 0 Å². The van der Waals surface area contributed by atoms with Gasteiger partial charge in [-0.2, -0.15) is 0 Å². The average Bonchev–Trinajstić information content (AvgIpc) is 2.99. The molecule has 0 bridgehead atoms. The number of carbonyl (C=O) groups is 1. The van der Waals surface area contributed by atoms with Crippen molar-refractivity contribution < 1.29 is 9.53 Å². The first-order valence-electron chi connectivity index (χ1n) is 8.18. The maximum Gasteiger partial charge on any atom is 0.229 e. The van der Waals surface area contributed by atoms with E-state index < -0.39 is 0 Å². The Balaban J connectivity index is 1.62. The van der Waals surface area contributed by atoms with Gasteiger partial charge in [-0.15, -0.1) is 11.3 Å². The molecule has 3 heterocycles. The molecule has 3 rings (SSSR count). The number of amides is 1. The van der Waals surface area contributed by atoms with E-state index >= 15 is 0 Å². The number of ether oxygens (including phenoxy) is 1. The minimum absolute atomic E-state index is 0.0902. The Morgan fingerprint density at radius 1 is 1.38 bits per heavy atom. The topological polar surface area (TPSA) is 68.2 Å². The summed E-state index contributed by atoms with van der Waals surface area (Å²) in [6.45, 7) is 5.75. The summed E-state index contributed by atoms with van der Waals surface area (Å²) < 4.78 is 5.59. The Labute approximate surface area is 145 Å². The quantitative estimate of drug-likeness (QED) is 0.828. The van der Waals surface area contributed by atoms with Gasteiger partial charge >= 0.3 is 0 Å². The summed E-state index contributed by atoms with van der Waals surface area (Å²) in [7, 11) is 0. The van der Waals surface area contributed by atoms with Gasteiger partial charge in [0, 0.05) is 24.3 Å². The molecular formula is C17H22N4O2S. The van der Waals surface area contributed by atoms with Gasteiger partial charge in [-0.25, -0.2) is 4.98 Å². The number of hydrogen-bond donors (Lipinski definition) is 0. The normalized spacial score (nSPS) is 17.9. The lowest BCUT2D eigenvalue weighted by atomic mass is 10.1. The molecule has 2 aromatic heterocycles. The second-order valence-corrected chi connectivity index (χ2v) is 7.04. The molecule has 1 fully saturated rings. The number of hydrogen-bond acceptors (Lipinski definition) is 6. The van der Waals surface area contributed by atoms with Gasteiger partial charge in [0.15, 0.2) is 0 Å². The second-order valence-electron chi connectivity index (χ2n) is 5.98. The third kappa shape index (κ3) is 4.15. The van der Waals surface area contributed by atoms with Crippen LogP contribution in [0.5, 0.6) is 0 Å². The molecule has 24 heavy (non-hydrogen) atoms. The van der Waals surface area contributed by atoms with Crippen LogP contribution in [0.15, 0.2) is 17.8 Å². The van der Waals surface area contributed by atoms with E-state index in [2.05, 4.69) is 15.0 Å². The van der Waals surface area contributed by atoms with Crippen molar-refractivity contribution in [3.8, 4) is 0 Å². The highest BCUT2D eigenvalue weighted by molar-refractivity contribution is 7.09. The molecule has 1 atom stereocenters. The maximum absolute atomic E-state index is 12.7. The smallest absolute Gasteiger partial charge is 0.229 e. The highest BCUT2D eigenvalue weighted by Crippen LogP contribution is 2.17. The van der Waals surface area contributed by atoms with Crippen LogP contribution in [0, 0.1) is 13.8 Å². The first-order valence-corrected chi connectivity index (χ1v) is 9.06. The summed E-state index contributed by atoms with van der Waals surface area (Å²) >= 11 is 1.58. The fourth-order valence-corrected chi connectivity index (χ4v) is 3.57. The summed E-state index contributed by atoms with van der Waals surface area (Å²) in [5, 5.41) is 2.96. The first-order chi connectivity index (χ1) is 11.6. The van der Waals surface area contributed by atoms with Gasteiger partial charge in [-0.05, 0) is 26.7 Å². The molecule has 1 saturated heterocycles. The largest absolute Gasteiger partial charge is 0.377 e. The zero-order chi connectivity index (χ0) is 16.9. The van der Waals surface area contributed by atoms with Crippen molar-refractivity contribution in [2.45, 2.75) is 39.2 Å². The van der Waals surface area contributed by atoms with Crippen LogP contribution >= 0.6 is 11.3 Å². The monoisotopic (exact) mass is 346 g/mol. The van der Waals surface area contributed by atoms with E-state index in [0.29, 0.717) is 26.2 Å². The van der Waals surface area contributed by atoms with Gasteiger partial charge in [0.2, 0.25) is 5.91 Å². The van der Waals surface area contributed by atoms with Crippen LogP contribution in [0.3, 0.4) is 0 Å². The summed E-state index contributed by atoms with van der Waals surface area (Å²) in [4.78, 5) is 27.7. The molecule has 128 valence electrons. The molecule has 1 aliphatic rings. The predicted octanol–water partition coefficient (Wildman–Crippen LogP) is 1.95. The lowest BCUT2D eigenvalue weighted by Gasteiger charge is -2.35. The average molecular weight is 346 g/mol. The molecule has 1 amide bonds. The van der Waals surface area contributed by atoms with Gasteiger partial charge in [-0.3, -0.25) is 14.8 Å². The van der Waals surface area contributed by atoms with Crippen molar-refractivity contribution in [1.29, 1.82) is 0 Å². The van der Waals surface area contributed by atoms with Gasteiger partial charge in [0.1, 0.15) is 0 Å². The van der Waals surface area contributed by atoms with Crippen molar-refractivity contribution in [2.24, 2.45) is 0 Å². The van der Waals surface area contributed by atoms with Crippen molar-refractivity contribution in [3.05, 3.63) is 39.9 Å². The Kier molecular flexibility index (Phi) is 5.52. The van der Waals surface area contributed by atoms with Crippen molar-refractivity contribution >= 4 is 17.2 Å². The summed E-state index contributed by atoms with van der Waals surface area (Å²) in [5.74, 6) is 0.129. The van der Waals surface area contributed by atoms with Crippen LogP contribution in [-0.4, -0.2) is 51.6 Å². The van der Waals surface area contributed by atoms with Gasteiger partial charge in [0.05, 0.1) is 47.8 Å². The Hall–Kier alpha value is -1.86. The van der Waals surface area contributed by atoms with E-state index in [9.17, 15) is 4.79 Å². The molecule has 6 nitrogen and oxygen atoms in total. The fraction of sp³-hybridized carbons (Fsp3) is 0.529. The molecule has 1 aliphatic heterocycles. The number of morpholine rings is 1. The van der Waals surface area contributed by atoms with Gasteiger partial charge in [0.25, 0.3) is 0 Å². The number of rotatable bonds is 5. The lowest BCUT2D eigenvalue weighted by molar-refractivity contribution is -0.139. The third-order valence-corrected chi connectivity index (χ3v) is 5.07. The summed E-state index contributed by atoms with van der Waals surface area (Å²) in [5.41, 5.74) is 2.80. The minimum Gasteiger partial charge on any atom is -0.377 e. The molecule has 7 heteroatoms. The number of nitrogens with zero attached hydrogens (tertiary/aromatic N) is 4. The second kappa shape index (κ2) is 7.81. The van der Waals surface area contributed by atoms with Crippen LogP contribution in [-0.2, 0) is 22.4 Å². The van der Waals surface area contributed by atoms with Crippen LogP contribution in [0.1, 0.15) is 28.5 Å². The number of thiazole rings is 1. The number of aryl methyl sites for hydroxylation is 3. The van der Waals surface area contributed by atoms with Gasteiger partial charge in [-0.1, -0.05) is 0 Å². The Morgan fingerprint density at radius 3 is 2.96 bits per heavy atom. The SMILES string of the molecule is Cc1nc(CC(=O)N2CCOCC2CCc2nccnc2C)cs1. The van der Waals surface area contributed by atoms with E-state index in [-0.39, 0.29) is 11.9 Å². The third-order valence-electron chi connectivity index (χ3n) is 4.24. The van der Waals surface area contributed by atoms with E-state index in [1.165, 1.54) is 0 Å². The Bertz CT molecular complexity index is 703. The predicted molar refractivity (Wildman–Crippen MR) is 92.0 cm³/mol. The van der Waals surface area contributed by atoms with Crippen molar-refractivity contribution in [1.82, 2.24) is 19.9 Å². The van der Waals surface area contributed by atoms with Crippen molar-refractivity contribution in [2.75, 3.05) is 19.8 Å². The van der Waals surface area contributed by atoms with E-state index in [1.54, 1.807) is 23.7 Å². The molecule has 1 unspecified atom stereocenters. The number of aromatic nitrogens is 3. The molecule has 0 N–H and O–H groups in total. The number of carbonyl (C=O) groups excluding carboxylic acids is 1. The fourth-order valence-electron chi connectivity index (χ4n) is 2.95. The zero-order valence-electron chi connectivity index (χ0n) is 14.1. The highest BCUT2D eigenvalue weighted by atomic mass is 32.1. The molecule has 0 saturated carbocycles. The van der Waals surface area contributed by atoms with Crippen LogP contribution in [0.4, 0.5) is 0 Å². The zero-order valence-corrected chi connectivity index (χ0v) is 14.9. The molecule has 0 aromatic carbocycles.